The first-order chi connectivity index (χ1) is 10.1. The molecular formula is C15H23FN4O. The maximum absolute atomic E-state index is 12.8. The molecule has 5 nitrogen and oxygen atoms in total. The first-order valence-corrected chi connectivity index (χ1v) is 7.32. The SMILES string of the molecule is CC(CN)CN1CCN(C(=O)Nc2ccc(F)cc2)CC1. The van der Waals surface area contributed by atoms with Gasteiger partial charge in [-0.1, -0.05) is 6.92 Å². The number of amides is 2. The summed E-state index contributed by atoms with van der Waals surface area (Å²) in [5.41, 5.74) is 6.25. The summed E-state index contributed by atoms with van der Waals surface area (Å²) in [5, 5.41) is 2.79. The van der Waals surface area contributed by atoms with Gasteiger partial charge in [0.25, 0.3) is 0 Å². The minimum atomic E-state index is -0.310. The van der Waals surface area contributed by atoms with Crippen LogP contribution in [0.15, 0.2) is 24.3 Å². The number of benzene rings is 1. The van der Waals surface area contributed by atoms with E-state index in [1.54, 1.807) is 17.0 Å². The van der Waals surface area contributed by atoms with E-state index in [1.165, 1.54) is 12.1 Å². The predicted octanol–water partition coefficient (Wildman–Crippen LogP) is 1.57. The summed E-state index contributed by atoms with van der Waals surface area (Å²) in [5.74, 6) is 0.167. The highest BCUT2D eigenvalue weighted by molar-refractivity contribution is 5.89. The second-order valence-corrected chi connectivity index (χ2v) is 5.57. The van der Waals surface area contributed by atoms with Gasteiger partial charge in [0.1, 0.15) is 5.82 Å². The molecule has 0 bridgehead atoms. The van der Waals surface area contributed by atoms with Gasteiger partial charge in [-0.25, -0.2) is 9.18 Å². The molecule has 6 heteroatoms. The Labute approximate surface area is 124 Å². The number of hydrogen-bond acceptors (Lipinski definition) is 3. The summed E-state index contributed by atoms with van der Waals surface area (Å²) in [4.78, 5) is 16.2. The molecule has 1 fully saturated rings. The van der Waals surface area contributed by atoms with E-state index < -0.39 is 0 Å². The summed E-state index contributed by atoms with van der Waals surface area (Å²) < 4.78 is 12.8. The number of nitrogens with two attached hydrogens (primary N) is 1. The second kappa shape index (κ2) is 7.38. The number of rotatable bonds is 4. The minimum Gasteiger partial charge on any atom is -0.330 e. The lowest BCUT2D eigenvalue weighted by molar-refractivity contribution is 0.137. The molecule has 116 valence electrons. The van der Waals surface area contributed by atoms with Crippen molar-refractivity contribution in [2.45, 2.75) is 6.92 Å². The maximum atomic E-state index is 12.8. The van der Waals surface area contributed by atoms with Crippen molar-refractivity contribution >= 4 is 11.7 Å². The van der Waals surface area contributed by atoms with E-state index in [0.29, 0.717) is 31.2 Å². The second-order valence-electron chi connectivity index (χ2n) is 5.57. The summed E-state index contributed by atoms with van der Waals surface area (Å²) in [6, 6.07) is 5.66. The van der Waals surface area contributed by atoms with Crippen LogP contribution >= 0.6 is 0 Å². The van der Waals surface area contributed by atoms with Crippen LogP contribution in [-0.4, -0.2) is 55.1 Å². The number of anilines is 1. The van der Waals surface area contributed by atoms with Crippen molar-refractivity contribution in [3.63, 3.8) is 0 Å². The van der Waals surface area contributed by atoms with Crippen LogP contribution in [0.3, 0.4) is 0 Å². The molecule has 1 aromatic carbocycles. The van der Waals surface area contributed by atoms with Crippen LogP contribution in [0.5, 0.6) is 0 Å². The Hall–Kier alpha value is -1.66. The zero-order valence-electron chi connectivity index (χ0n) is 12.4. The maximum Gasteiger partial charge on any atom is 0.321 e. The van der Waals surface area contributed by atoms with Gasteiger partial charge in [-0.15, -0.1) is 0 Å². The molecule has 1 saturated heterocycles. The highest BCUT2D eigenvalue weighted by atomic mass is 19.1. The third-order valence-corrected chi connectivity index (χ3v) is 3.73. The number of piperazine rings is 1. The van der Waals surface area contributed by atoms with Gasteiger partial charge < -0.3 is 16.0 Å². The molecule has 3 N–H and O–H groups in total. The zero-order valence-corrected chi connectivity index (χ0v) is 12.4. The minimum absolute atomic E-state index is 0.131. The number of carbonyl (C=O) groups excluding carboxylic acids is 1. The van der Waals surface area contributed by atoms with Gasteiger partial charge in [-0.3, -0.25) is 4.90 Å². The molecule has 1 aliphatic heterocycles. The number of carbonyl (C=O) groups is 1. The first kappa shape index (κ1) is 15.7. The summed E-state index contributed by atoms with van der Waals surface area (Å²) in [6.45, 7) is 6.92. The van der Waals surface area contributed by atoms with Gasteiger partial charge in [0.15, 0.2) is 0 Å². The van der Waals surface area contributed by atoms with Crippen LogP contribution in [-0.2, 0) is 0 Å². The van der Waals surface area contributed by atoms with Gasteiger partial charge in [0.05, 0.1) is 0 Å². The number of halogens is 1. The van der Waals surface area contributed by atoms with E-state index in [4.69, 9.17) is 5.73 Å². The average molecular weight is 294 g/mol. The normalized spacial score (nSPS) is 17.6. The number of urea groups is 1. The Morgan fingerprint density at radius 2 is 1.90 bits per heavy atom. The molecule has 1 heterocycles. The zero-order chi connectivity index (χ0) is 15.2. The standard InChI is InChI=1S/C15H23FN4O/c1-12(10-17)11-19-6-8-20(9-7-19)15(21)18-14-4-2-13(16)3-5-14/h2-5,12H,6-11,17H2,1H3,(H,18,21). The van der Waals surface area contributed by atoms with Gasteiger partial charge >= 0.3 is 6.03 Å². The fraction of sp³-hybridized carbons (Fsp3) is 0.533. The van der Waals surface area contributed by atoms with Gasteiger partial charge in [0.2, 0.25) is 0 Å². The predicted molar refractivity (Wildman–Crippen MR) is 81.7 cm³/mol. The van der Waals surface area contributed by atoms with Crippen molar-refractivity contribution in [1.82, 2.24) is 9.80 Å². The van der Waals surface area contributed by atoms with Gasteiger partial charge in [0, 0.05) is 38.4 Å². The molecule has 1 aromatic rings. The molecule has 2 rings (SSSR count). The van der Waals surface area contributed by atoms with Crippen molar-refractivity contribution in [2.24, 2.45) is 11.7 Å². The van der Waals surface area contributed by atoms with Crippen LogP contribution in [0.2, 0.25) is 0 Å². The lowest BCUT2D eigenvalue weighted by Crippen LogP contribution is -2.51. The highest BCUT2D eigenvalue weighted by Gasteiger charge is 2.21. The van der Waals surface area contributed by atoms with Crippen molar-refractivity contribution < 1.29 is 9.18 Å². The fourth-order valence-electron chi connectivity index (χ4n) is 2.38. The van der Waals surface area contributed by atoms with E-state index in [9.17, 15) is 9.18 Å². The van der Waals surface area contributed by atoms with E-state index in [-0.39, 0.29) is 11.8 Å². The fourth-order valence-corrected chi connectivity index (χ4v) is 2.38. The van der Waals surface area contributed by atoms with Crippen LogP contribution in [0.25, 0.3) is 0 Å². The monoisotopic (exact) mass is 294 g/mol. The Morgan fingerprint density at radius 3 is 2.48 bits per heavy atom. The molecule has 0 aliphatic carbocycles. The Balaban J connectivity index is 1.79. The average Bonchev–Trinajstić information content (AvgIpc) is 2.50. The van der Waals surface area contributed by atoms with Crippen LogP contribution < -0.4 is 11.1 Å². The first-order valence-electron chi connectivity index (χ1n) is 7.32. The number of nitrogens with one attached hydrogen (secondary N) is 1. The smallest absolute Gasteiger partial charge is 0.321 e. The molecule has 0 spiro atoms. The largest absolute Gasteiger partial charge is 0.330 e. The summed E-state index contributed by atoms with van der Waals surface area (Å²) in [7, 11) is 0. The van der Waals surface area contributed by atoms with E-state index >= 15 is 0 Å². The van der Waals surface area contributed by atoms with Gasteiger partial charge in [-0.2, -0.15) is 0 Å². The van der Waals surface area contributed by atoms with E-state index in [1.807, 2.05) is 0 Å². The van der Waals surface area contributed by atoms with Crippen LogP contribution in [0.4, 0.5) is 14.9 Å². The number of nitrogens with zero attached hydrogens (tertiary/aromatic N) is 2. The Morgan fingerprint density at radius 1 is 1.29 bits per heavy atom. The van der Waals surface area contributed by atoms with Crippen LogP contribution in [0, 0.1) is 11.7 Å². The molecule has 1 atom stereocenters. The Bertz CT molecular complexity index is 457. The number of hydrogen-bond donors (Lipinski definition) is 2. The third kappa shape index (κ3) is 4.68. The third-order valence-electron chi connectivity index (χ3n) is 3.73. The molecule has 0 radical (unpaired) electrons. The van der Waals surface area contributed by atoms with Crippen molar-refractivity contribution in [3.8, 4) is 0 Å². The van der Waals surface area contributed by atoms with E-state index in [0.717, 1.165) is 19.6 Å². The molecule has 2 amide bonds. The van der Waals surface area contributed by atoms with Crippen LogP contribution in [0.1, 0.15) is 6.92 Å². The summed E-state index contributed by atoms with van der Waals surface area (Å²) in [6.07, 6.45) is 0. The Kier molecular flexibility index (Phi) is 5.52. The van der Waals surface area contributed by atoms with Crippen molar-refractivity contribution in [3.05, 3.63) is 30.1 Å². The van der Waals surface area contributed by atoms with Crippen molar-refractivity contribution in [2.75, 3.05) is 44.6 Å². The molecular weight excluding hydrogens is 271 g/mol. The highest BCUT2D eigenvalue weighted by Crippen LogP contribution is 2.11. The topological polar surface area (TPSA) is 61.6 Å². The molecule has 1 aliphatic rings. The molecule has 1 unspecified atom stereocenters. The molecule has 0 saturated carbocycles. The lowest BCUT2D eigenvalue weighted by Gasteiger charge is -2.35. The van der Waals surface area contributed by atoms with E-state index in [2.05, 4.69) is 17.1 Å². The molecule has 21 heavy (non-hydrogen) atoms. The molecule has 0 aromatic heterocycles. The van der Waals surface area contributed by atoms with Crippen molar-refractivity contribution in [1.29, 1.82) is 0 Å². The summed E-state index contributed by atoms with van der Waals surface area (Å²) >= 11 is 0. The lowest BCUT2D eigenvalue weighted by atomic mass is 10.1. The van der Waals surface area contributed by atoms with Gasteiger partial charge in [-0.05, 0) is 36.7 Å². The quantitative estimate of drug-likeness (QED) is 0.886.